The number of cyclic esters (lactones) is 1. The summed E-state index contributed by atoms with van der Waals surface area (Å²) in [6.45, 7) is 4.04. The molecule has 0 aliphatic carbocycles. The molecule has 0 aromatic heterocycles. The molecule has 0 bridgehead atoms. The van der Waals surface area contributed by atoms with E-state index in [9.17, 15) is 4.79 Å². The standard InChI is InChI=1S/C21H20O4/c1-13-5-7-18(14(2)9-13)20-12-16(21(22)25-20)10-15-11-17(23-3)6-8-19(15)24-4/h5-12H,1-4H3/b16-10-. The van der Waals surface area contributed by atoms with E-state index in [-0.39, 0.29) is 5.97 Å². The van der Waals surface area contributed by atoms with Gasteiger partial charge in [-0.05, 0) is 49.8 Å². The van der Waals surface area contributed by atoms with E-state index in [1.807, 2.05) is 38.1 Å². The van der Waals surface area contributed by atoms with Crippen molar-refractivity contribution in [3.05, 3.63) is 70.3 Å². The number of rotatable bonds is 4. The fourth-order valence-electron chi connectivity index (χ4n) is 2.83. The molecule has 1 aliphatic rings. The van der Waals surface area contributed by atoms with Crippen molar-refractivity contribution in [2.45, 2.75) is 13.8 Å². The summed E-state index contributed by atoms with van der Waals surface area (Å²) in [6.07, 6.45) is 3.51. The lowest BCUT2D eigenvalue weighted by Crippen LogP contribution is -1.98. The number of esters is 1. The summed E-state index contributed by atoms with van der Waals surface area (Å²) in [5.41, 5.74) is 4.38. The number of carbonyl (C=O) groups excluding carboxylic acids is 1. The minimum Gasteiger partial charge on any atom is -0.497 e. The second-order valence-corrected chi connectivity index (χ2v) is 5.92. The van der Waals surface area contributed by atoms with Crippen LogP contribution < -0.4 is 9.47 Å². The van der Waals surface area contributed by atoms with Gasteiger partial charge in [-0.3, -0.25) is 0 Å². The van der Waals surface area contributed by atoms with E-state index in [2.05, 4.69) is 6.07 Å². The molecule has 0 saturated carbocycles. The number of hydrogen-bond acceptors (Lipinski definition) is 4. The molecule has 2 aromatic rings. The SMILES string of the molecule is COc1ccc(OC)c(/C=C2/C=C(c3ccc(C)cc3C)OC2=O)c1. The normalized spacial score (nSPS) is 15.1. The molecule has 0 N–H and O–H groups in total. The molecule has 2 aromatic carbocycles. The number of methoxy groups -OCH3 is 2. The Balaban J connectivity index is 2.01. The second kappa shape index (κ2) is 6.85. The highest BCUT2D eigenvalue weighted by atomic mass is 16.5. The third kappa shape index (κ3) is 3.43. The molecule has 1 heterocycles. The summed E-state index contributed by atoms with van der Waals surface area (Å²) in [7, 11) is 3.19. The first kappa shape index (κ1) is 16.8. The van der Waals surface area contributed by atoms with E-state index in [0.717, 1.165) is 16.7 Å². The van der Waals surface area contributed by atoms with Crippen molar-refractivity contribution in [1.82, 2.24) is 0 Å². The van der Waals surface area contributed by atoms with Gasteiger partial charge in [0.05, 0.1) is 19.8 Å². The Morgan fingerprint density at radius 2 is 1.80 bits per heavy atom. The van der Waals surface area contributed by atoms with E-state index in [4.69, 9.17) is 14.2 Å². The third-order valence-electron chi connectivity index (χ3n) is 4.12. The zero-order valence-electron chi connectivity index (χ0n) is 14.8. The highest BCUT2D eigenvalue weighted by Crippen LogP contribution is 2.32. The van der Waals surface area contributed by atoms with Crippen molar-refractivity contribution in [2.24, 2.45) is 0 Å². The lowest BCUT2D eigenvalue weighted by Gasteiger charge is -2.07. The van der Waals surface area contributed by atoms with E-state index >= 15 is 0 Å². The molecule has 4 nitrogen and oxygen atoms in total. The van der Waals surface area contributed by atoms with Crippen LogP contribution in [0.25, 0.3) is 11.8 Å². The van der Waals surface area contributed by atoms with Crippen molar-refractivity contribution >= 4 is 17.8 Å². The first-order valence-electron chi connectivity index (χ1n) is 7.97. The smallest absolute Gasteiger partial charge is 0.343 e. The van der Waals surface area contributed by atoms with Crippen LogP contribution >= 0.6 is 0 Å². The zero-order valence-corrected chi connectivity index (χ0v) is 14.8. The maximum atomic E-state index is 12.3. The van der Waals surface area contributed by atoms with Crippen LogP contribution in [-0.4, -0.2) is 20.2 Å². The summed E-state index contributed by atoms with van der Waals surface area (Å²) in [6, 6.07) is 11.5. The number of ether oxygens (including phenoxy) is 3. The fourth-order valence-corrected chi connectivity index (χ4v) is 2.83. The minimum atomic E-state index is -0.375. The molecule has 0 amide bonds. The molecular formula is C21H20O4. The van der Waals surface area contributed by atoms with Crippen LogP contribution in [0.2, 0.25) is 0 Å². The quantitative estimate of drug-likeness (QED) is 0.617. The van der Waals surface area contributed by atoms with Crippen LogP contribution in [0.1, 0.15) is 22.3 Å². The van der Waals surface area contributed by atoms with Gasteiger partial charge in [0.25, 0.3) is 0 Å². The Morgan fingerprint density at radius 3 is 2.48 bits per heavy atom. The van der Waals surface area contributed by atoms with Gasteiger partial charge in [0.2, 0.25) is 0 Å². The summed E-state index contributed by atoms with van der Waals surface area (Å²) in [5, 5.41) is 0. The Kier molecular flexibility index (Phi) is 4.61. The average Bonchev–Trinajstić information content (AvgIpc) is 2.95. The van der Waals surface area contributed by atoms with Gasteiger partial charge in [-0.25, -0.2) is 4.79 Å². The predicted molar refractivity (Wildman–Crippen MR) is 97.5 cm³/mol. The molecule has 0 fully saturated rings. The highest BCUT2D eigenvalue weighted by molar-refractivity contribution is 6.05. The predicted octanol–water partition coefficient (Wildman–Crippen LogP) is 4.30. The van der Waals surface area contributed by atoms with Gasteiger partial charge >= 0.3 is 5.97 Å². The lowest BCUT2D eigenvalue weighted by molar-refractivity contribution is -0.130. The molecule has 0 saturated heterocycles. The van der Waals surface area contributed by atoms with Crippen LogP contribution in [0.3, 0.4) is 0 Å². The van der Waals surface area contributed by atoms with Crippen LogP contribution in [0, 0.1) is 13.8 Å². The molecule has 25 heavy (non-hydrogen) atoms. The highest BCUT2D eigenvalue weighted by Gasteiger charge is 2.23. The van der Waals surface area contributed by atoms with E-state index in [0.29, 0.717) is 22.8 Å². The van der Waals surface area contributed by atoms with Crippen molar-refractivity contribution in [3.8, 4) is 11.5 Å². The number of aryl methyl sites for hydroxylation is 2. The van der Waals surface area contributed by atoms with Crippen LogP contribution in [-0.2, 0) is 9.53 Å². The third-order valence-corrected chi connectivity index (χ3v) is 4.12. The Hall–Kier alpha value is -3.01. The molecule has 4 heteroatoms. The van der Waals surface area contributed by atoms with Gasteiger partial charge in [0.1, 0.15) is 17.3 Å². The molecule has 3 rings (SSSR count). The molecule has 0 radical (unpaired) electrons. The van der Waals surface area contributed by atoms with Crippen LogP contribution in [0.15, 0.2) is 48.0 Å². The van der Waals surface area contributed by atoms with Crippen molar-refractivity contribution < 1.29 is 19.0 Å². The van der Waals surface area contributed by atoms with E-state index in [1.54, 1.807) is 32.4 Å². The maximum Gasteiger partial charge on any atom is 0.343 e. The number of hydrogen-bond donors (Lipinski definition) is 0. The van der Waals surface area contributed by atoms with E-state index < -0.39 is 0 Å². The molecule has 0 atom stereocenters. The van der Waals surface area contributed by atoms with Gasteiger partial charge in [-0.1, -0.05) is 23.8 Å². The molecule has 128 valence electrons. The van der Waals surface area contributed by atoms with Crippen molar-refractivity contribution in [2.75, 3.05) is 14.2 Å². The average molecular weight is 336 g/mol. The Morgan fingerprint density at radius 1 is 1.00 bits per heavy atom. The topological polar surface area (TPSA) is 44.8 Å². The van der Waals surface area contributed by atoms with E-state index in [1.165, 1.54) is 5.56 Å². The maximum absolute atomic E-state index is 12.3. The van der Waals surface area contributed by atoms with Crippen molar-refractivity contribution in [1.29, 1.82) is 0 Å². The fraction of sp³-hybridized carbons (Fsp3) is 0.190. The monoisotopic (exact) mass is 336 g/mol. The molecular weight excluding hydrogens is 316 g/mol. The largest absolute Gasteiger partial charge is 0.497 e. The Labute approximate surface area is 147 Å². The lowest BCUT2D eigenvalue weighted by atomic mass is 10.0. The summed E-state index contributed by atoms with van der Waals surface area (Å²) < 4.78 is 16.1. The van der Waals surface area contributed by atoms with Crippen molar-refractivity contribution in [3.63, 3.8) is 0 Å². The first-order valence-corrected chi connectivity index (χ1v) is 7.97. The second-order valence-electron chi connectivity index (χ2n) is 5.92. The van der Waals surface area contributed by atoms with Gasteiger partial charge in [0.15, 0.2) is 0 Å². The minimum absolute atomic E-state index is 0.375. The first-order chi connectivity index (χ1) is 12.0. The Bertz CT molecular complexity index is 891. The van der Waals surface area contributed by atoms with Gasteiger partial charge in [0, 0.05) is 11.1 Å². The number of benzene rings is 2. The summed E-state index contributed by atoms with van der Waals surface area (Å²) in [4.78, 5) is 12.3. The summed E-state index contributed by atoms with van der Waals surface area (Å²) in [5.74, 6) is 1.54. The van der Waals surface area contributed by atoms with Crippen LogP contribution in [0.4, 0.5) is 0 Å². The van der Waals surface area contributed by atoms with Gasteiger partial charge in [-0.15, -0.1) is 0 Å². The summed E-state index contributed by atoms with van der Waals surface area (Å²) >= 11 is 0. The molecule has 0 spiro atoms. The molecule has 0 unspecified atom stereocenters. The van der Waals surface area contributed by atoms with Gasteiger partial charge in [-0.2, -0.15) is 0 Å². The number of carbonyl (C=O) groups is 1. The van der Waals surface area contributed by atoms with Gasteiger partial charge < -0.3 is 14.2 Å². The molecule has 1 aliphatic heterocycles. The van der Waals surface area contributed by atoms with Crippen LogP contribution in [0.5, 0.6) is 11.5 Å². The zero-order chi connectivity index (χ0) is 18.0.